The second-order valence-corrected chi connectivity index (χ2v) is 5.90. The van der Waals surface area contributed by atoms with Gasteiger partial charge in [-0.3, -0.25) is 0 Å². The number of hydrogen-bond donors (Lipinski definition) is 0. The van der Waals surface area contributed by atoms with Crippen molar-refractivity contribution in [3.8, 4) is 0 Å². The molecule has 8 heteroatoms. The molecule has 0 aliphatic carbocycles. The molecule has 0 bridgehead atoms. The molecule has 0 spiro atoms. The van der Waals surface area contributed by atoms with Crippen molar-refractivity contribution < 1.29 is 38.0 Å². The minimum absolute atomic E-state index is 0.0674. The molecule has 0 saturated heterocycles. The summed E-state index contributed by atoms with van der Waals surface area (Å²) in [5, 5.41) is 0. The van der Waals surface area contributed by atoms with Gasteiger partial charge in [-0.15, -0.1) is 0 Å². The summed E-state index contributed by atoms with van der Waals surface area (Å²) in [6.45, 7) is 8.88. The molecule has 152 valence electrons. The van der Waals surface area contributed by atoms with E-state index in [2.05, 4.69) is 6.58 Å². The maximum atomic E-state index is 11.9. The van der Waals surface area contributed by atoms with E-state index >= 15 is 0 Å². The summed E-state index contributed by atoms with van der Waals surface area (Å²) in [5.74, 6) is -0.842. The zero-order valence-corrected chi connectivity index (χ0v) is 16.3. The van der Waals surface area contributed by atoms with E-state index in [1.54, 1.807) is 14.2 Å². The first-order chi connectivity index (χ1) is 12.4. The molecule has 0 aromatic carbocycles. The zero-order valence-electron chi connectivity index (χ0n) is 16.3. The van der Waals surface area contributed by atoms with Crippen LogP contribution in [0.5, 0.6) is 0 Å². The minimum Gasteiger partial charge on any atom is -0.460 e. The van der Waals surface area contributed by atoms with Gasteiger partial charge >= 0.3 is 11.9 Å². The van der Waals surface area contributed by atoms with Crippen LogP contribution in [-0.4, -0.2) is 78.5 Å². The Labute approximate surface area is 155 Å². The molecule has 1 atom stereocenters. The highest BCUT2D eigenvalue weighted by Crippen LogP contribution is 2.16. The second-order valence-electron chi connectivity index (χ2n) is 5.90. The van der Waals surface area contributed by atoms with Crippen LogP contribution in [0.15, 0.2) is 12.2 Å². The van der Waals surface area contributed by atoms with Crippen molar-refractivity contribution in [1.29, 1.82) is 0 Å². The van der Waals surface area contributed by atoms with Crippen LogP contribution >= 0.6 is 0 Å². The normalized spacial score (nSPS) is 12.0. The van der Waals surface area contributed by atoms with Crippen molar-refractivity contribution >= 4 is 11.9 Å². The van der Waals surface area contributed by atoms with Crippen molar-refractivity contribution in [2.75, 3.05) is 60.5 Å². The topological polar surface area (TPSA) is 89.5 Å². The molecule has 0 N–H and O–H groups in total. The highest BCUT2D eigenvalue weighted by atomic mass is 16.6. The van der Waals surface area contributed by atoms with Gasteiger partial charge in [-0.05, 0) is 5.92 Å². The van der Waals surface area contributed by atoms with Crippen LogP contribution in [0.1, 0.15) is 20.3 Å². The molecule has 0 fully saturated rings. The Hall–Kier alpha value is -1.48. The molecule has 0 rings (SSSR count). The predicted octanol–water partition coefficient (Wildman–Crippen LogP) is 1.37. The lowest BCUT2D eigenvalue weighted by atomic mass is 9.99. The summed E-state index contributed by atoms with van der Waals surface area (Å²) in [6.07, 6.45) is -0.217. The largest absolute Gasteiger partial charge is 0.460 e. The Kier molecular flexibility index (Phi) is 14.9. The van der Waals surface area contributed by atoms with Gasteiger partial charge in [-0.25, -0.2) is 9.59 Å². The third-order valence-corrected chi connectivity index (χ3v) is 3.34. The molecule has 0 aromatic rings. The molecule has 0 saturated carbocycles. The summed E-state index contributed by atoms with van der Waals surface area (Å²) in [6, 6.07) is 0. The Bertz CT molecular complexity index is 408. The average Bonchev–Trinajstić information content (AvgIpc) is 2.60. The number of hydrogen-bond acceptors (Lipinski definition) is 8. The predicted molar refractivity (Wildman–Crippen MR) is 94.8 cm³/mol. The molecule has 0 aromatic heterocycles. The lowest BCUT2D eigenvalue weighted by Crippen LogP contribution is -2.29. The fourth-order valence-corrected chi connectivity index (χ4v) is 1.71. The highest BCUT2D eigenvalue weighted by molar-refractivity contribution is 5.71. The summed E-state index contributed by atoms with van der Waals surface area (Å²) in [5.41, 5.74) is 0.899. The Balaban J connectivity index is 4.34. The number of methoxy groups -OCH3 is 2. The maximum Gasteiger partial charge on any atom is 0.332 e. The first kappa shape index (κ1) is 24.5. The van der Waals surface area contributed by atoms with Crippen molar-refractivity contribution in [1.82, 2.24) is 0 Å². The fourth-order valence-electron chi connectivity index (χ4n) is 1.71. The van der Waals surface area contributed by atoms with Gasteiger partial charge in [0.15, 0.2) is 0 Å². The summed E-state index contributed by atoms with van der Waals surface area (Å²) >= 11 is 0. The van der Waals surface area contributed by atoms with Crippen LogP contribution in [0.2, 0.25) is 0 Å². The molecule has 8 nitrogen and oxygen atoms in total. The molecular weight excluding hydrogens is 344 g/mol. The van der Waals surface area contributed by atoms with E-state index in [9.17, 15) is 9.59 Å². The Morgan fingerprint density at radius 3 is 1.92 bits per heavy atom. The molecule has 0 amide bonds. The minimum atomic E-state index is -0.619. The molecule has 0 aliphatic heterocycles. The molecule has 26 heavy (non-hydrogen) atoms. The number of esters is 2. The van der Waals surface area contributed by atoms with Gasteiger partial charge in [-0.2, -0.15) is 0 Å². The first-order valence-electron chi connectivity index (χ1n) is 8.56. The van der Waals surface area contributed by atoms with E-state index in [4.69, 9.17) is 28.4 Å². The van der Waals surface area contributed by atoms with E-state index in [1.165, 1.54) is 0 Å². The van der Waals surface area contributed by atoms with E-state index < -0.39 is 18.0 Å². The van der Waals surface area contributed by atoms with Gasteiger partial charge in [0.25, 0.3) is 0 Å². The first-order valence-corrected chi connectivity index (χ1v) is 8.56. The van der Waals surface area contributed by atoms with Crippen LogP contribution < -0.4 is 0 Å². The van der Waals surface area contributed by atoms with Gasteiger partial charge in [0, 0.05) is 20.6 Å². The second kappa shape index (κ2) is 15.7. The van der Waals surface area contributed by atoms with Crippen molar-refractivity contribution in [3.63, 3.8) is 0 Å². The van der Waals surface area contributed by atoms with Crippen LogP contribution in [0.4, 0.5) is 0 Å². The van der Waals surface area contributed by atoms with E-state index in [-0.39, 0.29) is 25.7 Å². The zero-order chi connectivity index (χ0) is 19.8. The highest BCUT2D eigenvalue weighted by Gasteiger charge is 2.19. The lowest BCUT2D eigenvalue weighted by Gasteiger charge is -2.20. The fraction of sp³-hybridized carbons (Fsp3) is 0.778. The quantitative estimate of drug-likeness (QED) is 0.227. The summed E-state index contributed by atoms with van der Waals surface area (Å²) in [4.78, 5) is 23.5. The Morgan fingerprint density at radius 1 is 0.885 bits per heavy atom. The van der Waals surface area contributed by atoms with Crippen molar-refractivity contribution in [2.45, 2.75) is 26.4 Å². The standard InChI is InChI=1S/C18H32O8/c1-14(2)15(3)10-16(26-18(20)13-24-9-7-22-5)11-25-17(19)12-23-8-6-21-4/h14,16H,3,6-13H2,1-2,4-5H3. The smallest absolute Gasteiger partial charge is 0.332 e. The number of rotatable bonds is 16. The third-order valence-electron chi connectivity index (χ3n) is 3.34. The van der Waals surface area contributed by atoms with Crippen LogP contribution in [0.3, 0.4) is 0 Å². The molecule has 0 heterocycles. The Morgan fingerprint density at radius 2 is 1.42 bits per heavy atom. The van der Waals surface area contributed by atoms with E-state index in [0.29, 0.717) is 32.8 Å². The van der Waals surface area contributed by atoms with Gasteiger partial charge in [0.1, 0.15) is 25.9 Å². The number of ether oxygens (including phenoxy) is 6. The average molecular weight is 376 g/mol. The van der Waals surface area contributed by atoms with E-state index in [0.717, 1.165) is 5.57 Å². The molecular formula is C18H32O8. The number of carbonyl (C=O) groups excluding carboxylic acids is 2. The molecule has 0 aliphatic rings. The molecule has 0 radical (unpaired) electrons. The van der Waals surface area contributed by atoms with Gasteiger partial charge in [0.05, 0.1) is 26.4 Å². The van der Waals surface area contributed by atoms with Crippen LogP contribution in [-0.2, 0) is 38.0 Å². The van der Waals surface area contributed by atoms with Gasteiger partial charge in [-0.1, -0.05) is 26.0 Å². The van der Waals surface area contributed by atoms with Crippen LogP contribution in [0.25, 0.3) is 0 Å². The van der Waals surface area contributed by atoms with Crippen molar-refractivity contribution in [3.05, 3.63) is 12.2 Å². The number of carbonyl (C=O) groups is 2. The maximum absolute atomic E-state index is 11.9. The van der Waals surface area contributed by atoms with Gasteiger partial charge < -0.3 is 28.4 Å². The molecule has 1 unspecified atom stereocenters. The van der Waals surface area contributed by atoms with Crippen molar-refractivity contribution in [2.24, 2.45) is 5.92 Å². The van der Waals surface area contributed by atoms with E-state index in [1.807, 2.05) is 13.8 Å². The van der Waals surface area contributed by atoms with Crippen LogP contribution in [0, 0.1) is 5.92 Å². The summed E-state index contributed by atoms with van der Waals surface area (Å²) < 4.78 is 30.3. The summed E-state index contributed by atoms with van der Waals surface area (Å²) in [7, 11) is 3.09. The third kappa shape index (κ3) is 13.8. The lowest BCUT2D eigenvalue weighted by molar-refractivity contribution is -0.164. The monoisotopic (exact) mass is 376 g/mol. The SMILES string of the molecule is C=C(CC(COC(=O)COCCOC)OC(=O)COCCOC)C(C)C. The van der Waals surface area contributed by atoms with Gasteiger partial charge in [0.2, 0.25) is 0 Å².